The highest BCUT2D eigenvalue weighted by Crippen LogP contribution is 2.58. The summed E-state index contributed by atoms with van der Waals surface area (Å²) in [6.07, 6.45) is -1.09. The monoisotopic (exact) mass is 452 g/mol. The number of benzene rings is 3. The lowest BCUT2D eigenvalue weighted by Crippen LogP contribution is -2.40. The Bertz CT molecular complexity index is 1290. The Morgan fingerprint density at radius 3 is 2.59 bits per heavy atom. The van der Waals surface area contributed by atoms with E-state index in [0.29, 0.717) is 22.3 Å². The number of carbonyl (C=O) groups excluding carboxylic acids is 2. The highest BCUT2D eigenvalue weighted by Gasteiger charge is 2.55. The number of hydrogen-bond acceptors (Lipinski definition) is 7. The van der Waals surface area contributed by atoms with E-state index in [-0.39, 0.29) is 34.4 Å². The SMILES string of the molecule is NC(NC(=O)CCl)c1cc(O)cc2c1C1(OC(=O)c3ccccc31)c1ccc(O)cc1O2. The minimum Gasteiger partial charge on any atom is -0.508 e. The molecule has 0 bridgehead atoms. The van der Waals surface area contributed by atoms with Crippen LogP contribution in [0.25, 0.3) is 0 Å². The molecule has 0 aliphatic carbocycles. The maximum atomic E-state index is 12.9. The summed E-state index contributed by atoms with van der Waals surface area (Å²) in [5.74, 6) is -1.19. The number of phenolic OH excluding ortho intramolecular Hbond substituents is 2. The molecule has 0 saturated carbocycles. The second-order valence-electron chi connectivity index (χ2n) is 7.49. The van der Waals surface area contributed by atoms with Gasteiger partial charge < -0.3 is 30.7 Å². The number of phenols is 2. The maximum absolute atomic E-state index is 12.9. The van der Waals surface area contributed by atoms with E-state index >= 15 is 0 Å². The van der Waals surface area contributed by atoms with Gasteiger partial charge in [-0.05, 0) is 24.3 Å². The molecule has 2 atom stereocenters. The first-order valence-electron chi connectivity index (χ1n) is 9.67. The fraction of sp³-hybridized carbons (Fsp3) is 0.130. The Morgan fingerprint density at radius 1 is 1.06 bits per heavy atom. The number of carbonyl (C=O) groups is 2. The summed E-state index contributed by atoms with van der Waals surface area (Å²) >= 11 is 5.61. The molecule has 5 rings (SSSR count). The lowest BCUT2D eigenvalue weighted by Gasteiger charge is -2.38. The van der Waals surface area contributed by atoms with Gasteiger partial charge >= 0.3 is 5.97 Å². The van der Waals surface area contributed by atoms with Crippen LogP contribution >= 0.6 is 11.6 Å². The molecule has 9 heteroatoms. The van der Waals surface area contributed by atoms with E-state index in [1.54, 1.807) is 30.3 Å². The van der Waals surface area contributed by atoms with Gasteiger partial charge in [-0.25, -0.2) is 4.79 Å². The van der Waals surface area contributed by atoms with Crippen molar-refractivity contribution in [3.8, 4) is 23.0 Å². The number of alkyl halides is 1. The second kappa shape index (κ2) is 7.15. The Kier molecular flexibility index (Phi) is 4.51. The predicted molar refractivity (Wildman–Crippen MR) is 114 cm³/mol. The molecule has 1 amide bonds. The molecule has 32 heavy (non-hydrogen) atoms. The van der Waals surface area contributed by atoms with Crippen molar-refractivity contribution in [3.05, 3.63) is 82.4 Å². The molecule has 5 N–H and O–H groups in total. The molecule has 3 aromatic rings. The van der Waals surface area contributed by atoms with Crippen molar-refractivity contribution in [1.29, 1.82) is 0 Å². The first-order valence-corrected chi connectivity index (χ1v) is 10.2. The molecular weight excluding hydrogens is 436 g/mol. The first kappa shape index (κ1) is 20.2. The van der Waals surface area contributed by atoms with Crippen LogP contribution in [0.1, 0.15) is 38.8 Å². The van der Waals surface area contributed by atoms with Crippen LogP contribution in [-0.2, 0) is 15.1 Å². The van der Waals surface area contributed by atoms with Crippen LogP contribution in [0.15, 0.2) is 54.6 Å². The number of halogens is 1. The number of esters is 1. The van der Waals surface area contributed by atoms with Crippen LogP contribution in [0, 0.1) is 0 Å². The van der Waals surface area contributed by atoms with Crippen molar-refractivity contribution < 1.29 is 29.3 Å². The molecule has 2 aliphatic rings. The lowest BCUT2D eigenvalue weighted by molar-refractivity contribution is -0.119. The number of rotatable bonds is 3. The van der Waals surface area contributed by atoms with E-state index in [1.807, 2.05) is 0 Å². The number of ether oxygens (including phenoxy) is 2. The van der Waals surface area contributed by atoms with Gasteiger partial charge in [-0.1, -0.05) is 18.2 Å². The highest BCUT2D eigenvalue weighted by atomic mass is 35.5. The number of aromatic hydroxyl groups is 2. The van der Waals surface area contributed by atoms with Crippen molar-refractivity contribution in [2.75, 3.05) is 5.88 Å². The molecule has 0 fully saturated rings. The Morgan fingerprint density at radius 2 is 1.81 bits per heavy atom. The zero-order valence-electron chi connectivity index (χ0n) is 16.5. The summed E-state index contributed by atoms with van der Waals surface area (Å²) in [6.45, 7) is 0. The van der Waals surface area contributed by atoms with Gasteiger partial charge in [-0.15, -0.1) is 11.6 Å². The second-order valence-corrected chi connectivity index (χ2v) is 7.75. The zero-order chi connectivity index (χ0) is 22.6. The third kappa shape index (κ3) is 2.80. The molecule has 3 aromatic carbocycles. The van der Waals surface area contributed by atoms with Crippen LogP contribution < -0.4 is 15.8 Å². The topological polar surface area (TPSA) is 131 Å². The minimum atomic E-state index is -1.48. The molecule has 1 spiro atoms. The van der Waals surface area contributed by atoms with Crippen molar-refractivity contribution >= 4 is 23.5 Å². The van der Waals surface area contributed by atoms with Crippen molar-refractivity contribution in [1.82, 2.24) is 5.32 Å². The van der Waals surface area contributed by atoms with Gasteiger partial charge in [0.15, 0.2) is 5.60 Å². The summed E-state index contributed by atoms with van der Waals surface area (Å²) in [4.78, 5) is 24.8. The van der Waals surface area contributed by atoms with Gasteiger partial charge in [0.1, 0.15) is 35.0 Å². The van der Waals surface area contributed by atoms with Crippen LogP contribution in [-0.4, -0.2) is 28.0 Å². The highest BCUT2D eigenvalue weighted by molar-refractivity contribution is 6.27. The Hall–Kier alpha value is -3.75. The average Bonchev–Trinajstić information content (AvgIpc) is 3.05. The minimum absolute atomic E-state index is 0.0496. The number of amides is 1. The molecule has 0 saturated heterocycles. The van der Waals surface area contributed by atoms with E-state index in [2.05, 4.69) is 5.32 Å². The quantitative estimate of drug-likeness (QED) is 0.273. The molecule has 2 heterocycles. The van der Waals surface area contributed by atoms with Gasteiger partial charge in [-0.2, -0.15) is 0 Å². The van der Waals surface area contributed by atoms with E-state index < -0.39 is 23.6 Å². The standard InChI is InChI=1S/C23H17ClN2O6/c24-10-19(29)26-21(25)14-7-12(28)9-18-20(14)23(16-6-5-11(27)8-17(16)31-18)15-4-2-1-3-13(15)22(30)32-23/h1-9,21,27-28H,10,25H2,(H,26,29). The van der Waals surface area contributed by atoms with E-state index in [1.165, 1.54) is 24.3 Å². The number of hydrogen-bond donors (Lipinski definition) is 4. The maximum Gasteiger partial charge on any atom is 0.340 e. The number of nitrogens with one attached hydrogen (secondary N) is 1. The van der Waals surface area contributed by atoms with Gasteiger partial charge in [0.25, 0.3) is 0 Å². The molecule has 2 aliphatic heterocycles. The normalized spacial score (nSPS) is 18.8. The molecule has 162 valence electrons. The lowest BCUT2D eigenvalue weighted by atomic mass is 9.75. The van der Waals surface area contributed by atoms with Gasteiger partial charge in [0, 0.05) is 28.8 Å². The average molecular weight is 453 g/mol. The van der Waals surface area contributed by atoms with Crippen molar-refractivity contribution in [2.24, 2.45) is 5.73 Å². The predicted octanol–water partition coefficient (Wildman–Crippen LogP) is 2.98. The van der Waals surface area contributed by atoms with Crippen LogP contribution in [0.3, 0.4) is 0 Å². The Balaban J connectivity index is 1.85. The van der Waals surface area contributed by atoms with Crippen LogP contribution in [0.5, 0.6) is 23.0 Å². The van der Waals surface area contributed by atoms with Gasteiger partial charge in [0.05, 0.1) is 11.1 Å². The van der Waals surface area contributed by atoms with Gasteiger partial charge in [0.2, 0.25) is 5.91 Å². The third-order valence-corrected chi connectivity index (χ3v) is 5.82. The largest absolute Gasteiger partial charge is 0.508 e. The molecule has 8 nitrogen and oxygen atoms in total. The van der Waals surface area contributed by atoms with E-state index in [0.717, 1.165) is 0 Å². The summed E-state index contributed by atoms with van der Waals surface area (Å²) < 4.78 is 12.0. The summed E-state index contributed by atoms with van der Waals surface area (Å²) in [5, 5.41) is 22.9. The van der Waals surface area contributed by atoms with E-state index in [4.69, 9.17) is 26.8 Å². The fourth-order valence-electron chi connectivity index (χ4n) is 4.36. The number of fused-ring (bicyclic) bond motifs is 6. The van der Waals surface area contributed by atoms with Crippen molar-refractivity contribution in [2.45, 2.75) is 11.8 Å². The zero-order valence-corrected chi connectivity index (χ0v) is 17.2. The smallest absolute Gasteiger partial charge is 0.340 e. The van der Waals surface area contributed by atoms with Crippen LogP contribution in [0.4, 0.5) is 0 Å². The Labute approximate surface area is 187 Å². The fourth-order valence-corrected chi connectivity index (χ4v) is 4.43. The third-order valence-electron chi connectivity index (χ3n) is 5.58. The summed E-state index contributed by atoms with van der Waals surface area (Å²) in [7, 11) is 0. The van der Waals surface area contributed by atoms with Crippen LogP contribution in [0.2, 0.25) is 0 Å². The molecular formula is C23H17ClN2O6. The van der Waals surface area contributed by atoms with E-state index in [9.17, 15) is 19.8 Å². The van der Waals surface area contributed by atoms with Gasteiger partial charge in [-0.3, -0.25) is 4.79 Å². The summed E-state index contributed by atoms with van der Waals surface area (Å²) in [6, 6.07) is 14.1. The first-order chi connectivity index (χ1) is 15.3. The molecule has 0 aromatic heterocycles. The summed E-state index contributed by atoms with van der Waals surface area (Å²) in [5.41, 5.74) is 6.80. The van der Waals surface area contributed by atoms with Crippen molar-refractivity contribution in [3.63, 3.8) is 0 Å². The number of nitrogens with two attached hydrogens (primary N) is 1. The molecule has 2 unspecified atom stereocenters. The molecule has 0 radical (unpaired) electrons.